The van der Waals surface area contributed by atoms with Crippen molar-refractivity contribution in [3.8, 4) is 0 Å². The van der Waals surface area contributed by atoms with E-state index in [0.29, 0.717) is 5.25 Å². The normalized spacial score (nSPS) is 14.6. The van der Waals surface area contributed by atoms with Crippen LogP contribution in [0.2, 0.25) is 0 Å². The molecule has 0 saturated carbocycles. The van der Waals surface area contributed by atoms with Gasteiger partial charge in [0.25, 0.3) is 0 Å². The van der Waals surface area contributed by atoms with Gasteiger partial charge in [0.2, 0.25) is 0 Å². The van der Waals surface area contributed by atoms with Gasteiger partial charge >= 0.3 is 0 Å². The minimum absolute atomic E-state index is 0.469. The zero-order valence-electron chi connectivity index (χ0n) is 6.30. The lowest BCUT2D eigenvalue weighted by Gasteiger charge is -1.96. The minimum Gasteiger partial charge on any atom is -0.172 e. The van der Waals surface area contributed by atoms with Crippen molar-refractivity contribution in [3.63, 3.8) is 0 Å². The van der Waals surface area contributed by atoms with Crippen molar-refractivity contribution < 1.29 is 0 Å². The Morgan fingerprint density at radius 1 is 1.44 bits per heavy atom. The summed E-state index contributed by atoms with van der Waals surface area (Å²) in [7, 11) is 0. The highest BCUT2D eigenvalue weighted by atomic mass is 32.1. The van der Waals surface area contributed by atoms with E-state index in [0.717, 1.165) is 6.42 Å². The molecule has 0 radical (unpaired) electrons. The monoisotopic (exact) mass is 144 g/mol. The largest absolute Gasteiger partial charge is 0.172 e. The van der Waals surface area contributed by atoms with Crippen molar-refractivity contribution in [1.29, 1.82) is 0 Å². The van der Waals surface area contributed by atoms with Crippen molar-refractivity contribution in [3.05, 3.63) is 12.2 Å². The van der Waals surface area contributed by atoms with Crippen LogP contribution in [0.1, 0.15) is 33.1 Å². The maximum absolute atomic E-state index is 4.32. The summed E-state index contributed by atoms with van der Waals surface area (Å²) >= 11 is 4.32. The van der Waals surface area contributed by atoms with Crippen LogP contribution in [0.15, 0.2) is 12.2 Å². The molecular formula is C8H16S. The second kappa shape index (κ2) is 6.21. The van der Waals surface area contributed by atoms with E-state index in [9.17, 15) is 0 Å². The third kappa shape index (κ3) is 5.97. The summed E-state index contributed by atoms with van der Waals surface area (Å²) in [5, 5.41) is 0.469. The van der Waals surface area contributed by atoms with E-state index in [1.54, 1.807) is 0 Å². The highest BCUT2D eigenvalue weighted by Gasteiger charge is 1.88. The highest BCUT2D eigenvalue weighted by Crippen LogP contribution is 2.02. The fourth-order valence-electron chi connectivity index (χ4n) is 0.556. The summed E-state index contributed by atoms with van der Waals surface area (Å²) in [6.07, 6.45) is 7.94. The summed E-state index contributed by atoms with van der Waals surface area (Å²) in [5.41, 5.74) is 0. The van der Waals surface area contributed by atoms with Crippen LogP contribution in [-0.2, 0) is 0 Å². The molecule has 0 spiro atoms. The first kappa shape index (κ1) is 9.09. The van der Waals surface area contributed by atoms with Gasteiger partial charge in [0, 0.05) is 5.25 Å². The molecule has 1 heteroatoms. The molecule has 0 heterocycles. The van der Waals surface area contributed by atoms with Crippen LogP contribution in [-0.4, -0.2) is 5.25 Å². The molecule has 54 valence electrons. The Morgan fingerprint density at radius 3 is 2.56 bits per heavy atom. The van der Waals surface area contributed by atoms with Crippen LogP contribution in [0, 0.1) is 0 Å². The lowest BCUT2D eigenvalue weighted by Crippen LogP contribution is -1.87. The third-order valence-corrected chi connectivity index (χ3v) is 1.77. The van der Waals surface area contributed by atoms with Gasteiger partial charge in [-0.25, -0.2) is 0 Å². The van der Waals surface area contributed by atoms with Gasteiger partial charge in [-0.3, -0.25) is 0 Å². The van der Waals surface area contributed by atoms with Crippen LogP contribution in [0.5, 0.6) is 0 Å². The summed E-state index contributed by atoms with van der Waals surface area (Å²) in [6, 6.07) is 0. The van der Waals surface area contributed by atoms with Gasteiger partial charge in [0.1, 0.15) is 0 Å². The summed E-state index contributed by atoms with van der Waals surface area (Å²) in [6.45, 7) is 4.33. The maximum atomic E-state index is 4.32. The molecule has 0 saturated heterocycles. The average Bonchev–Trinajstić information content (AvgIpc) is 1.89. The van der Waals surface area contributed by atoms with Crippen molar-refractivity contribution >= 4 is 12.6 Å². The lowest BCUT2D eigenvalue weighted by molar-refractivity contribution is 0.933. The van der Waals surface area contributed by atoms with Crippen LogP contribution in [0.3, 0.4) is 0 Å². The standard InChI is InChI=1S/C8H16S/c1-3-5-6-7-8(9)4-2/h6-9H,3-5H2,1-2H3. The van der Waals surface area contributed by atoms with Gasteiger partial charge in [-0.15, -0.1) is 0 Å². The Hall–Kier alpha value is 0.0900. The quantitative estimate of drug-likeness (QED) is 0.455. The molecule has 0 aromatic heterocycles. The van der Waals surface area contributed by atoms with Crippen LogP contribution in [0.25, 0.3) is 0 Å². The summed E-state index contributed by atoms with van der Waals surface area (Å²) < 4.78 is 0. The molecular weight excluding hydrogens is 128 g/mol. The van der Waals surface area contributed by atoms with Gasteiger partial charge < -0.3 is 0 Å². The Morgan fingerprint density at radius 2 is 2.11 bits per heavy atom. The van der Waals surface area contributed by atoms with Gasteiger partial charge in [0.15, 0.2) is 0 Å². The fraction of sp³-hybridized carbons (Fsp3) is 0.750. The predicted molar refractivity (Wildman–Crippen MR) is 47.1 cm³/mol. The van der Waals surface area contributed by atoms with E-state index in [-0.39, 0.29) is 0 Å². The number of rotatable bonds is 4. The Kier molecular flexibility index (Phi) is 6.28. The Labute approximate surface area is 63.8 Å². The molecule has 0 bridgehead atoms. The molecule has 0 aromatic rings. The van der Waals surface area contributed by atoms with Crippen LogP contribution in [0.4, 0.5) is 0 Å². The first-order valence-electron chi connectivity index (χ1n) is 3.66. The molecule has 0 N–H and O–H groups in total. The minimum atomic E-state index is 0.469. The summed E-state index contributed by atoms with van der Waals surface area (Å²) in [4.78, 5) is 0. The first-order chi connectivity index (χ1) is 4.31. The topological polar surface area (TPSA) is 0 Å². The third-order valence-electron chi connectivity index (χ3n) is 1.23. The highest BCUT2D eigenvalue weighted by molar-refractivity contribution is 7.81. The van der Waals surface area contributed by atoms with Crippen molar-refractivity contribution in [2.45, 2.75) is 38.4 Å². The molecule has 0 amide bonds. The molecule has 9 heavy (non-hydrogen) atoms. The van der Waals surface area contributed by atoms with Crippen LogP contribution >= 0.6 is 12.6 Å². The average molecular weight is 144 g/mol. The zero-order valence-corrected chi connectivity index (χ0v) is 7.20. The van der Waals surface area contributed by atoms with Crippen molar-refractivity contribution in [1.82, 2.24) is 0 Å². The second-order valence-electron chi connectivity index (χ2n) is 2.19. The number of thiol groups is 1. The summed E-state index contributed by atoms with van der Waals surface area (Å²) in [5.74, 6) is 0. The molecule has 0 aromatic carbocycles. The molecule has 0 rings (SSSR count). The Bertz CT molecular complexity index is 76.6. The van der Waals surface area contributed by atoms with Gasteiger partial charge in [-0.2, -0.15) is 12.6 Å². The number of allylic oxidation sites excluding steroid dienone is 1. The van der Waals surface area contributed by atoms with Crippen LogP contribution < -0.4 is 0 Å². The second-order valence-corrected chi connectivity index (χ2v) is 2.86. The number of hydrogen-bond acceptors (Lipinski definition) is 1. The maximum Gasteiger partial charge on any atom is 0.0194 e. The lowest BCUT2D eigenvalue weighted by atomic mass is 10.2. The van der Waals surface area contributed by atoms with Gasteiger partial charge in [0.05, 0.1) is 0 Å². The van der Waals surface area contributed by atoms with E-state index in [1.165, 1.54) is 12.8 Å². The van der Waals surface area contributed by atoms with E-state index < -0.39 is 0 Å². The van der Waals surface area contributed by atoms with Crippen molar-refractivity contribution in [2.75, 3.05) is 0 Å². The molecule has 0 aliphatic carbocycles. The number of hydrogen-bond donors (Lipinski definition) is 1. The van der Waals surface area contributed by atoms with E-state index >= 15 is 0 Å². The molecule has 1 unspecified atom stereocenters. The van der Waals surface area contributed by atoms with E-state index in [2.05, 4.69) is 38.6 Å². The fourth-order valence-corrected chi connectivity index (χ4v) is 0.678. The molecule has 0 fully saturated rings. The SMILES string of the molecule is CCCC=CC(S)CC. The Balaban J connectivity index is 3.20. The van der Waals surface area contributed by atoms with Gasteiger partial charge in [-0.05, 0) is 12.8 Å². The molecule has 0 aliphatic heterocycles. The smallest absolute Gasteiger partial charge is 0.0194 e. The van der Waals surface area contributed by atoms with Crippen molar-refractivity contribution in [2.24, 2.45) is 0 Å². The van der Waals surface area contributed by atoms with E-state index in [4.69, 9.17) is 0 Å². The first-order valence-corrected chi connectivity index (χ1v) is 4.17. The molecule has 0 nitrogen and oxygen atoms in total. The molecule has 0 aliphatic rings. The zero-order chi connectivity index (χ0) is 7.11. The number of unbranched alkanes of at least 4 members (excludes halogenated alkanes) is 1. The predicted octanol–water partition coefficient (Wildman–Crippen LogP) is 3.05. The van der Waals surface area contributed by atoms with E-state index in [1.807, 2.05) is 0 Å². The molecule has 1 atom stereocenters. The van der Waals surface area contributed by atoms with Gasteiger partial charge in [-0.1, -0.05) is 32.4 Å².